The fraction of sp³-hybridized carbons (Fsp3) is 0.846. The van der Waals surface area contributed by atoms with Crippen molar-refractivity contribution in [3.63, 3.8) is 0 Å². The summed E-state index contributed by atoms with van der Waals surface area (Å²) in [6, 6.07) is 0. The fourth-order valence-electron chi connectivity index (χ4n) is 2.62. The summed E-state index contributed by atoms with van der Waals surface area (Å²) in [6.45, 7) is 1.75. The minimum atomic E-state index is -0.558. The van der Waals surface area contributed by atoms with Crippen LogP contribution in [0.4, 0.5) is 0 Å². The quantitative estimate of drug-likeness (QED) is 0.652. The van der Waals surface area contributed by atoms with Gasteiger partial charge in [0.25, 0.3) is 0 Å². The Balaban J connectivity index is 1.75. The van der Waals surface area contributed by atoms with Gasteiger partial charge < -0.3 is 15.5 Å². The number of hydrogen-bond acceptors (Lipinski definition) is 5. The Morgan fingerprint density at radius 1 is 1.26 bits per heavy atom. The zero-order valence-corrected chi connectivity index (χ0v) is 11.4. The van der Waals surface area contributed by atoms with Crippen LogP contribution in [0.25, 0.3) is 0 Å². The molecule has 19 heavy (non-hydrogen) atoms. The van der Waals surface area contributed by atoms with Crippen molar-refractivity contribution in [2.45, 2.75) is 57.2 Å². The highest BCUT2D eigenvalue weighted by Crippen LogP contribution is 2.26. The van der Waals surface area contributed by atoms with Crippen LogP contribution in [0.5, 0.6) is 0 Å². The molecule has 1 aliphatic carbocycles. The molecule has 0 radical (unpaired) electrons. The summed E-state index contributed by atoms with van der Waals surface area (Å²) < 4.78 is 1.62. The Kier molecular flexibility index (Phi) is 5.30. The van der Waals surface area contributed by atoms with Gasteiger partial charge in [-0.15, -0.1) is 5.10 Å². The van der Waals surface area contributed by atoms with E-state index in [1.165, 1.54) is 12.8 Å². The van der Waals surface area contributed by atoms with Crippen LogP contribution >= 0.6 is 0 Å². The lowest BCUT2D eigenvalue weighted by atomic mass is 9.94. The third-order valence-electron chi connectivity index (χ3n) is 3.71. The zero-order valence-electron chi connectivity index (χ0n) is 11.4. The van der Waals surface area contributed by atoms with E-state index in [9.17, 15) is 5.11 Å². The Labute approximate surface area is 113 Å². The highest BCUT2D eigenvalue weighted by atomic mass is 16.3. The van der Waals surface area contributed by atoms with E-state index in [4.69, 9.17) is 5.11 Å². The van der Waals surface area contributed by atoms with E-state index in [1.807, 2.05) is 6.20 Å². The van der Waals surface area contributed by atoms with Crippen molar-refractivity contribution in [2.75, 3.05) is 13.2 Å². The van der Waals surface area contributed by atoms with Crippen LogP contribution in [0.15, 0.2) is 6.20 Å². The number of aliphatic hydroxyl groups excluding tert-OH is 1. The van der Waals surface area contributed by atoms with Crippen LogP contribution in [0, 0.1) is 0 Å². The maximum Gasteiger partial charge on any atom is 0.0964 e. The number of nitrogens with zero attached hydrogens (tertiary/aromatic N) is 3. The first-order valence-corrected chi connectivity index (χ1v) is 7.15. The van der Waals surface area contributed by atoms with Crippen molar-refractivity contribution in [2.24, 2.45) is 0 Å². The molecule has 6 heteroatoms. The number of hydrogen-bond donors (Lipinski definition) is 3. The molecular weight excluding hydrogens is 244 g/mol. The molecule has 108 valence electrons. The molecule has 0 saturated heterocycles. The minimum absolute atomic E-state index is 0.0655. The predicted octanol–water partition coefficient (Wildman–Crippen LogP) is 0.445. The minimum Gasteiger partial charge on any atom is -0.394 e. The van der Waals surface area contributed by atoms with Crippen LogP contribution in [0.1, 0.15) is 44.2 Å². The van der Waals surface area contributed by atoms with Crippen molar-refractivity contribution >= 4 is 0 Å². The van der Waals surface area contributed by atoms with Crippen LogP contribution in [0.2, 0.25) is 0 Å². The average Bonchev–Trinajstić information content (AvgIpc) is 2.71. The van der Waals surface area contributed by atoms with Crippen LogP contribution < -0.4 is 5.32 Å². The van der Waals surface area contributed by atoms with Gasteiger partial charge in [-0.3, -0.25) is 0 Å². The first-order valence-electron chi connectivity index (χ1n) is 7.15. The molecule has 1 saturated carbocycles. The van der Waals surface area contributed by atoms with Gasteiger partial charge in [0.2, 0.25) is 0 Å². The summed E-state index contributed by atoms with van der Waals surface area (Å²) in [7, 11) is 0. The number of nitrogens with one attached hydrogen (secondary N) is 1. The van der Waals surface area contributed by atoms with Crippen molar-refractivity contribution in [3.05, 3.63) is 11.9 Å². The lowest BCUT2D eigenvalue weighted by molar-refractivity contribution is 0.0250. The molecule has 0 spiro atoms. The van der Waals surface area contributed by atoms with Crippen molar-refractivity contribution in [3.8, 4) is 0 Å². The SMILES string of the molecule is OCCn1cc(CNCC2(O)CCCCCC2)nn1. The third kappa shape index (κ3) is 4.56. The van der Waals surface area contributed by atoms with E-state index in [-0.39, 0.29) is 6.61 Å². The van der Waals surface area contributed by atoms with E-state index in [2.05, 4.69) is 15.6 Å². The van der Waals surface area contributed by atoms with Crippen molar-refractivity contribution in [1.29, 1.82) is 0 Å². The van der Waals surface area contributed by atoms with E-state index < -0.39 is 5.60 Å². The molecule has 1 aromatic heterocycles. The number of rotatable bonds is 6. The highest BCUT2D eigenvalue weighted by molar-refractivity contribution is 4.93. The number of aromatic nitrogens is 3. The smallest absolute Gasteiger partial charge is 0.0964 e. The lowest BCUT2D eigenvalue weighted by Crippen LogP contribution is -2.39. The maximum atomic E-state index is 10.5. The van der Waals surface area contributed by atoms with Gasteiger partial charge in [-0.05, 0) is 12.8 Å². The largest absolute Gasteiger partial charge is 0.394 e. The molecule has 0 amide bonds. The Bertz CT molecular complexity index is 372. The second-order valence-corrected chi connectivity index (χ2v) is 5.44. The second-order valence-electron chi connectivity index (χ2n) is 5.44. The summed E-state index contributed by atoms with van der Waals surface area (Å²) in [5.41, 5.74) is 0.281. The summed E-state index contributed by atoms with van der Waals surface area (Å²) in [6.07, 6.45) is 8.29. The summed E-state index contributed by atoms with van der Waals surface area (Å²) in [5.74, 6) is 0. The van der Waals surface area contributed by atoms with E-state index in [1.54, 1.807) is 4.68 Å². The van der Waals surface area contributed by atoms with Gasteiger partial charge in [0.1, 0.15) is 0 Å². The van der Waals surface area contributed by atoms with Crippen LogP contribution in [-0.2, 0) is 13.1 Å². The molecule has 0 bridgehead atoms. The molecule has 0 aliphatic heterocycles. The van der Waals surface area contributed by atoms with E-state index in [0.717, 1.165) is 31.4 Å². The molecule has 3 N–H and O–H groups in total. The molecular formula is C13H24N4O2. The van der Waals surface area contributed by atoms with E-state index >= 15 is 0 Å². The normalized spacial score (nSPS) is 19.3. The predicted molar refractivity (Wildman–Crippen MR) is 71.5 cm³/mol. The van der Waals surface area contributed by atoms with Gasteiger partial charge >= 0.3 is 0 Å². The van der Waals surface area contributed by atoms with Gasteiger partial charge in [0.05, 0.1) is 24.4 Å². The summed E-state index contributed by atoms with van der Waals surface area (Å²) in [5, 5.41) is 30.5. The van der Waals surface area contributed by atoms with Crippen LogP contribution in [-0.4, -0.2) is 44.0 Å². The Morgan fingerprint density at radius 2 is 2.00 bits per heavy atom. The Hall–Kier alpha value is -0.980. The molecule has 1 fully saturated rings. The molecule has 1 heterocycles. The monoisotopic (exact) mass is 268 g/mol. The van der Waals surface area contributed by atoms with Gasteiger partial charge in [0.15, 0.2) is 0 Å². The Morgan fingerprint density at radius 3 is 2.68 bits per heavy atom. The molecule has 2 rings (SSSR count). The second kappa shape index (κ2) is 6.98. The van der Waals surface area contributed by atoms with Gasteiger partial charge in [-0.2, -0.15) is 0 Å². The maximum absolute atomic E-state index is 10.5. The van der Waals surface area contributed by atoms with Gasteiger partial charge in [0, 0.05) is 19.3 Å². The first-order chi connectivity index (χ1) is 9.22. The van der Waals surface area contributed by atoms with E-state index in [0.29, 0.717) is 19.6 Å². The molecule has 6 nitrogen and oxygen atoms in total. The lowest BCUT2D eigenvalue weighted by Gasteiger charge is -2.26. The topological polar surface area (TPSA) is 83.2 Å². The highest BCUT2D eigenvalue weighted by Gasteiger charge is 2.27. The van der Waals surface area contributed by atoms with Gasteiger partial charge in [-0.25, -0.2) is 4.68 Å². The fourth-order valence-corrected chi connectivity index (χ4v) is 2.62. The average molecular weight is 268 g/mol. The number of aliphatic hydroxyl groups is 2. The molecule has 0 unspecified atom stereocenters. The van der Waals surface area contributed by atoms with Crippen LogP contribution in [0.3, 0.4) is 0 Å². The summed E-state index contributed by atoms with van der Waals surface area (Å²) >= 11 is 0. The zero-order chi connectivity index (χ0) is 13.6. The first kappa shape index (κ1) is 14.4. The molecule has 1 aromatic rings. The van der Waals surface area contributed by atoms with Crippen molar-refractivity contribution in [1.82, 2.24) is 20.3 Å². The standard InChI is InChI=1S/C13H24N4O2/c18-8-7-17-10-12(15-16-17)9-14-11-13(19)5-3-1-2-4-6-13/h10,14,18-19H,1-9,11H2. The van der Waals surface area contributed by atoms with Gasteiger partial charge in [-0.1, -0.05) is 30.9 Å². The third-order valence-corrected chi connectivity index (χ3v) is 3.71. The summed E-state index contributed by atoms with van der Waals surface area (Å²) in [4.78, 5) is 0. The molecule has 0 aromatic carbocycles. The molecule has 1 aliphatic rings. The molecule has 0 atom stereocenters. The van der Waals surface area contributed by atoms with Crippen molar-refractivity contribution < 1.29 is 10.2 Å².